The SMILES string of the molecule is COc1cc(OC)c2c(c1Cl)O[C@]1(C2=O)C(O)=C(C=Nc2cccnc2)C(=O)C[C@H]1C. The van der Waals surface area contributed by atoms with E-state index < -0.39 is 23.1 Å². The van der Waals surface area contributed by atoms with Gasteiger partial charge in [-0.05, 0) is 12.1 Å². The van der Waals surface area contributed by atoms with E-state index in [1.54, 1.807) is 25.3 Å². The molecule has 1 spiro atoms. The summed E-state index contributed by atoms with van der Waals surface area (Å²) >= 11 is 6.40. The second-order valence-corrected chi connectivity index (χ2v) is 7.60. The summed E-state index contributed by atoms with van der Waals surface area (Å²) in [5.41, 5.74) is -1.36. The number of aliphatic imine (C=N–C) groups is 1. The molecule has 8 nitrogen and oxygen atoms in total. The van der Waals surface area contributed by atoms with Crippen molar-refractivity contribution in [1.29, 1.82) is 0 Å². The predicted octanol–water partition coefficient (Wildman–Crippen LogP) is 3.89. The first-order valence-electron chi connectivity index (χ1n) is 9.44. The first-order valence-corrected chi connectivity index (χ1v) is 9.82. The molecule has 2 aliphatic rings. The molecular weight excluding hydrogens is 424 g/mol. The number of methoxy groups -OCH3 is 2. The van der Waals surface area contributed by atoms with Crippen molar-refractivity contribution in [3.8, 4) is 17.2 Å². The number of allylic oxidation sites excluding steroid dienone is 1. The van der Waals surface area contributed by atoms with E-state index in [9.17, 15) is 14.7 Å². The number of hydrogen-bond donors (Lipinski definition) is 1. The van der Waals surface area contributed by atoms with Crippen molar-refractivity contribution in [3.63, 3.8) is 0 Å². The topological polar surface area (TPSA) is 107 Å². The summed E-state index contributed by atoms with van der Waals surface area (Å²) < 4.78 is 16.6. The van der Waals surface area contributed by atoms with E-state index in [1.807, 2.05) is 0 Å². The third kappa shape index (κ3) is 3.06. The van der Waals surface area contributed by atoms with Crippen LogP contribution in [-0.4, -0.2) is 47.7 Å². The van der Waals surface area contributed by atoms with Gasteiger partial charge in [-0.3, -0.25) is 19.6 Å². The van der Waals surface area contributed by atoms with Crippen LogP contribution in [0.5, 0.6) is 17.2 Å². The normalized spacial score (nSPS) is 22.8. The van der Waals surface area contributed by atoms with Crippen LogP contribution in [0.15, 0.2) is 46.9 Å². The number of Topliss-reactive ketones (excluding diaryl/α,β-unsaturated/α-hetero) is 2. The summed E-state index contributed by atoms with van der Waals surface area (Å²) in [5.74, 6) is -1.59. The third-order valence-electron chi connectivity index (χ3n) is 5.50. The molecule has 0 saturated carbocycles. The number of nitrogens with zero attached hydrogens (tertiary/aromatic N) is 2. The predicted molar refractivity (Wildman–Crippen MR) is 113 cm³/mol. The largest absolute Gasteiger partial charge is 0.507 e. The van der Waals surface area contributed by atoms with Crippen molar-refractivity contribution in [2.24, 2.45) is 10.9 Å². The summed E-state index contributed by atoms with van der Waals surface area (Å²) in [6, 6.07) is 4.86. The Balaban J connectivity index is 1.87. The molecule has 0 radical (unpaired) electrons. The average molecular weight is 443 g/mol. The van der Waals surface area contributed by atoms with Gasteiger partial charge in [0.2, 0.25) is 11.4 Å². The summed E-state index contributed by atoms with van der Waals surface area (Å²) in [6.07, 6.45) is 4.28. The van der Waals surface area contributed by atoms with E-state index in [4.69, 9.17) is 25.8 Å². The van der Waals surface area contributed by atoms with Gasteiger partial charge in [-0.1, -0.05) is 18.5 Å². The van der Waals surface area contributed by atoms with E-state index in [1.165, 1.54) is 32.7 Å². The van der Waals surface area contributed by atoms with Gasteiger partial charge < -0.3 is 19.3 Å². The maximum absolute atomic E-state index is 13.6. The Bertz CT molecular complexity index is 1140. The molecule has 31 heavy (non-hydrogen) atoms. The Hall–Kier alpha value is -3.39. The fraction of sp³-hybridized carbons (Fsp3) is 0.273. The zero-order valence-corrected chi connectivity index (χ0v) is 17.8. The molecule has 9 heteroatoms. The molecule has 0 unspecified atom stereocenters. The number of rotatable bonds is 4. The molecule has 1 aromatic carbocycles. The summed E-state index contributed by atoms with van der Waals surface area (Å²) in [7, 11) is 2.82. The maximum Gasteiger partial charge on any atom is 0.231 e. The summed E-state index contributed by atoms with van der Waals surface area (Å²) in [5, 5.41) is 11.2. The number of fused-ring (bicyclic) bond motifs is 1. The smallest absolute Gasteiger partial charge is 0.231 e. The minimum Gasteiger partial charge on any atom is -0.507 e. The van der Waals surface area contributed by atoms with Crippen LogP contribution < -0.4 is 14.2 Å². The summed E-state index contributed by atoms with van der Waals surface area (Å²) in [6.45, 7) is 1.66. The fourth-order valence-electron chi connectivity index (χ4n) is 3.88. The van der Waals surface area contributed by atoms with E-state index in [-0.39, 0.29) is 45.6 Å². The maximum atomic E-state index is 13.6. The van der Waals surface area contributed by atoms with E-state index in [0.717, 1.165) is 0 Å². The molecule has 0 fully saturated rings. The third-order valence-corrected chi connectivity index (χ3v) is 5.86. The van der Waals surface area contributed by atoms with Gasteiger partial charge >= 0.3 is 0 Å². The van der Waals surface area contributed by atoms with Crippen molar-refractivity contribution in [2.75, 3.05) is 14.2 Å². The van der Waals surface area contributed by atoms with Crippen molar-refractivity contribution in [1.82, 2.24) is 4.98 Å². The number of carbonyl (C=O) groups excluding carboxylic acids is 2. The van der Waals surface area contributed by atoms with Crippen LogP contribution in [0.25, 0.3) is 0 Å². The molecule has 0 saturated heterocycles. The Kier molecular flexibility index (Phi) is 5.18. The number of aromatic nitrogens is 1. The van der Waals surface area contributed by atoms with Gasteiger partial charge in [0.15, 0.2) is 17.3 Å². The number of pyridine rings is 1. The van der Waals surface area contributed by atoms with Gasteiger partial charge in [-0.25, -0.2) is 0 Å². The zero-order chi connectivity index (χ0) is 22.3. The van der Waals surface area contributed by atoms with Crippen molar-refractivity contribution in [2.45, 2.75) is 18.9 Å². The van der Waals surface area contributed by atoms with Gasteiger partial charge in [-0.15, -0.1) is 0 Å². The average Bonchev–Trinajstić information content (AvgIpc) is 3.08. The number of aliphatic hydroxyl groups excluding tert-OH is 1. The Labute approximate surface area is 183 Å². The van der Waals surface area contributed by atoms with Crippen LogP contribution in [0, 0.1) is 5.92 Å². The van der Waals surface area contributed by atoms with Crippen LogP contribution in [0.4, 0.5) is 5.69 Å². The number of ketones is 2. The lowest BCUT2D eigenvalue weighted by Gasteiger charge is -2.36. The van der Waals surface area contributed by atoms with Gasteiger partial charge in [0.25, 0.3) is 0 Å². The van der Waals surface area contributed by atoms with Crippen molar-refractivity contribution in [3.05, 3.63) is 52.5 Å². The lowest BCUT2D eigenvalue weighted by molar-refractivity contribution is -0.118. The molecule has 1 aliphatic carbocycles. The highest BCUT2D eigenvalue weighted by molar-refractivity contribution is 6.35. The fourth-order valence-corrected chi connectivity index (χ4v) is 4.15. The van der Waals surface area contributed by atoms with Crippen LogP contribution in [-0.2, 0) is 4.79 Å². The molecule has 2 atom stereocenters. The highest BCUT2D eigenvalue weighted by Crippen LogP contribution is 2.54. The van der Waals surface area contributed by atoms with E-state index in [0.29, 0.717) is 5.69 Å². The number of hydrogen-bond acceptors (Lipinski definition) is 8. The number of aliphatic hydroxyl groups is 1. The van der Waals surface area contributed by atoms with Gasteiger partial charge in [0.1, 0.15) is 22.1 Å². The van der Waals surface area contributed by atoms with Gasteiger partial charge in [0, 0.05) is 30.8 Å². The van der Waals surface area contributed by atoms with Crippen LogP contribution in [0.1, 0.15) is 23.7 Å². The van der Waals surface area contributed by atoms with E-state index >= 15 is 0 Å². The van der Waals surface area contributed by atoms with Crippen molar-refractivity contribution < 1.29 is 28.9 Å². The molecular formula is C22H19ClN2O6. The number of benzene rings is 1. The Morgan fingerprint density at radius 3 is 2.71 bits per heavy atom. The molecule has 1 aromatic heterocycles. The molecule has 160 valence electrons. The lowest BCUT2D eigenvalue weighted by atomic mass is 9.73. The zero-order valence-electron chi connectivity index (χ0n) is 17.0. The standard InChI is InChI=1S/C22H19ClN2O6/c1-11-7-14(26)13(10-25-12-5-4-6-24-9-12)20(27)22(11)21(28)17-15(29-2)8-16(30-3)18(23)19(17)31-22/h4-6,8-11,27H,7H2,1-3H3/t11-,22+/m1/s1. The lowest BCUT2D eigenvalue weighted by Crippen LogP contribution is -2.52. The van der Waals surface area contributed by atoms with Gasteiger partial charge in [-0.2, -0.15) is 0 Å². The first-order chi connectivity index (χ1) is 14.8. The molecule has 0 amide bonds. The van der Waals surface area contributed by atoms with Gasteiger partial charge in [0.05, 0.1) is 31.7 Å². The molecule has 0 bridgehead atoms. The highest BCUT2D eigenvalue weighted by atomic mass is 35.5. The summed E-state index contributed by atoms with van der Waals surface area (Å²) in [4.78, 5) is 34.4. The highest BCUT2D eigenvalue weighted by Gasteiger charge is 2.60. The second-order valence-electron chi connectivity index (χ2n) is 7.23. The van der Waals surface area contributed by atoms with Crippen LogP contribution in [0.3, 0.4) is 0 Å². The van der Waals surface area contributed by atoms with Crippen LogP contribution >= 0.6 is 11.6 Å². The quantitative estimate of drug-likeness (QED) is 0.715. The molecule has 1 N–H and O–H groups in total. The van der Waals surface area contributed by atoms with Crippen molar-refractivity contribution >= 4 is 35.1 Å². The number of carbonyl (C=O) groups is 2. The number of halogens is 1. The molecule has 2 aromatic rings. The monoisotopic (exact) mass is 442 g/mol. The minimum atomic E-state index is -1.82. The first kappa shape index (κ1) is 20.9. The molecule has 1 aliphatic heterocycles. The molecule has 4 rings (SSSR count). The Morgan fingerprint density at radius 2 is 2.06 bits per heavy atom. The Morgan fingerprint density at radius 1 is 1.32 bits per heavy atom. The second kappa shape index (κ2) is 7.70. The van der Waals surface area contributed by atoms with E-state index in [2.05, 4.69) is 9.98 Å². The number of ether oxygens (including phenoxy) is 3. The van der Waals surface area contributed by atoms with Crippen LogP contribution in [0.2, 0.25) is 5.02 Å². The molecule has 2 heterocycles. The minimum absolute atomic E-state index is 0.0325.